The summed E-state index contributed by atoms with van der Waals surface area (Å²) in [6, 6.07) is 2.24. The maximum absolute atomic E-state index is 12.2. The van der Waals surface area contributed by atoms with Crippen molar-refractivity contribution in [3.63, 3.8) is 0 Å². The maximum Gasteiger partial charge on any atom is 0.240 e. The zero-order valence-corrected chi connectivity index (χ0v) is 11.4. The Morgan fingerprint density at radius 2 is 2.26 bits per heavy atom. The van der Waals surface area contributed by atoms with Crippen LogP contribution in [0.1, 0.15) is 37.9 Å². The molecule has 1 fully saturated rings. The first-order chi connectivity index (χ1) is 9.18. The van der Waals surface area contributed by atoms with Crippen molar-refractivity contribution in [3.05, 3.63) is 18.2 Å². The summed E-state index contributed by atoms with van der Waals surface area (Å²) in [5.74, 6) is 0.832. The van der Waals surface area contributed by atoms with Crippen LogP contribution in [0, 0.1) is 16.7 Å². The molecule has 5 nitrogen and oxygen atoms in total. The summed E-state index contributed by atoms with van der Waals surface area (Å²) < 4.78 is 1.94. The Hall–Kier alpha value is -1.83. The number of amides is 1. The Morgan fingerprint density at radius 3 is 2.84 bits per heavy atom. The molecule has 1 N–H and O–H groups in total. The highest BCUT2D eigenvalue weighted by atomic mass is 16.2. The van der Waals surface area contributed by atoms with Gasteiger partial charge in [0, 0.05) is 32.4 Å². The number of hydrogen-bond donors (Lipinski definition) is 1. The number of nitrogens with zero attached hydrogens (tertiary/aromatic N) is 3. The van der Waals surface area contributed by atoms with Crippen molar-refractivity contribution in [1.29, 1.82) is 5.26 Å². The van der Waals surface area contributed by atoms with Gasteiger partial charge in [-0.1, -0.05) is 19.3 Å². The van der Waals surface area contributed by atoms with E-state index in [2.05, 4.69) is 16.4 Å². The van der Waals surface area contributed by atoms with Crippen LogP contribution in [-0.2, 0) is 18.3 Å². The molecule has 0 aliphatic heterocycles. The van der Waals surface area contributed by atoms with E-state index in [4.69, 9.17) is 0 Å². The fraction of sp³-hybridized carbons (Fsp3) is 0.643. The second-order valence-electron chi connectivity index (χ2n) is 5.21. The van der Waals surface area contributed by atoms with Crippen molar-refractivity contribution in [2.45, 2.75) is 38.5 Å². The van der Waals surface area contributed by atoms with Gasteiger partial charge in [0.15, 0.2) is 0 Å². The third kappa shape index (κ3) is 2.95. The lowest BCUT2D eigenvalue weighted by Crippen LogP contribution is -2.42. The van der Waals surface area contributed by atoms with E-state index in [1.54, 1.807) is 6.20 Å². The van der Waals surface area contributed by atoms with E-state index in [-0.39, 0.29) is 5.91 Å². The summed E-state index contributed by atoms with van der Waals surface area (Å²) in [4.78, 5) is 16.4. The minimum Gasteiger partial charge on any atom is -0.354 e. The Bertz CT molecular complexity index is 480. The van der Waals surface area contributed by atoms with Gasteiger partial charge in [-0.05, 0) is 12.8 Å². The zero-order valence-electron chi connectivity index (χ0n) is 11.4. The average molecular weight is 260 g/mol. The minimum absolute atomic E-state index is 0.107. The summed E-state index contributed by atoms with van der Waals surface area (Å²) in [5, 5.41) is 12.2. The zero-order chi connectivity index (χ0) is 13.7. The first-order valence-electron chi connectivity index (χ1n) is 6.84. The van der Waals surface area contributed by atoms with Gasteiger partial charge in [0.25, 0.3) is 0 Å². The highest BCUT2D eigenvalue weighted by molar-refractivity contribution is 5.85. The van der Waals surface area contributed by atoms with Gasteiger partial charge in [0.05, 0.1) is 6.07 Å². The highest BCUT2D eigenvalue weighted by Crippen LogP contribution is 2.35. The van der Waals surface area contributed by atoms with Crippen LogP contribution in [0.4, 0.5) is 0 Å². The summed E-state index contributed by atoms with van der Waals surface area (Å²) >= 11 is 0. The lowest BCUT2D eigenvalue weighted by atomic mass is 9.74. The van der Waals surface area contributed by atoms with Crippen molar-refractivity contribution in [1.82, 2.24) is 14.9 Å². The molecule has 0 atom stereocenters. The molecule has 0 aromatic carbocycles. The number of imidazole rings is 1. The molecular weight excluding hydrogens is 240 g/mol. The van der Waals surface area contributed by atoms with Gasteiger partial charge in [-0.15, -0.1) is 0 Å². The first kappa shape index (κ1) is 13.6. The standard InChI is InChI=1S/C14H20N4O/c1-18-10-9-16-12(18)5-8-17-13(19)14(11-15)6-3-2-4-7-14/h9-10H,2-8H2,1H3,(H,17,19). The van der Waals surface area contributed by atoms with Crippen molar-refractivity contribution in [3.8, 4) is 6.07 Å². The van der Waals surface area contributed by atoms with Crippen molar-refractivity contribution in [2.75, 3.05) is 6.54 Å². The van der Waals surface area contributed by atoms with Gasteiger partial charge in [-0.3, -0.25) is 4.79 Å². The Labute approximate surface area is 113 Å². The van der Waals surface area contributed by atoms with Gasteiger partial charge < -0.3 is 9.88 Å². The van der Waals surface area contributed by atoms with Gasteiger partial charge in [-0.25, -0.2) is 4.98 Å². The van der Waals surface area contributed by atoms with E-state index in [0.29, 0.717) is 25.8 Å². The molecule has 1 aromatic heterocycles. The number of carbonyl (C=O) groups is 1. The molecule has 5 heteroatoms. The molecule has 0 unspecified atom stereocenters. The van der Waals surface area contributed by atoms with Gasteiger partial charge in [-0.2, -0.15) is 5.26 Å². The van der Waals surface area contributed by atoms with Gasteiger partial charge >= 0.3 is 0 Å². The van der Waals surface area contributed by atoms with Crippen LogP contribution >= 0.6 is 0 Å². The second-order valence-corrected chi connectivity index (χ2v) is 5.21. The third-order valence-electron chi connectivity index (χ3n) is 3.91. The first-order valence-corrected chi connectivity index (χ1v) is 6.84. The summed E-state index contributed by atoms with van der Waals surface area (Å²) in [7, 11) is 1.93. The van der Waals surface area contributed by atoms with Crippen LogP contribution in [0.3, 0.4) is 0 Å². The summed E-state index contributed by atoms with van der Waals surface area (Å²) in [6.45, 7) is 0.535. The number of nitriles is 1. The molecule has 0 radical (unpaired) electrons. The Kier molecular flexibility index (Phi) is 4.20. The molecule has 19 heavy (non-hydrogen) atoms. The van der Waals surface area contributed by atoms with Crippen LogP contribution in [0.15, 0.2) is 12.4 Å². The van der Waals surface area contributed by atoms with Crippen molar-refractivity contribution >= 4 is 5.91 Å². The number of hydrogen-bond acceptors (Lipinski definition) is 3. The lowest BCUT2D eigenvalue weighted by Gasteiger charge is -2.29. The molecular formula is C14H20N4O. The van der Waals surface area contributed by atoms with E-state index >= 15 is 0 Å². The number of aromatic nitrogens is 2. The molecule has 0 spiro atoms. The van der Waals surface area contributed by atoms with Crippen LogP contribution in [-0.4, -0.2) is 22.0 Å². The Balaban J connectivity index is 1.87. The SMILES string of the molecule is Cn1ccnc1CCNC(=O)C1(C#N)CCCCC1. The highest BCUT2D eigenvalue weighted by Gasteiger charge is 2.39. The van der Waals surface area contributed by atoms with Crippen LogP contribution in [0.25, 0.3) is 0 Å². The number of aryl methyl sites for hydroxylation is 1. The average Bonchev–Trinajstić information content (AvgIpc) is 2.85. The quantitative estimate of drug-likeness (QED) is 0.893. The fourth-order valence-corrected chi connectivity index (χ4v) is 2.64. The third-order valence-corrected chi connectivity index (χ3v) is 3.91. The molecule has 1 aliphatic carbocycles. The Morgan fingerprint density at radius 1 is 1.53 bits per heavy atom. The fourth-order valence-electron chi connectivity index (χ4n) is 2.64. The normalized spacial score (nSPS) is 17.7. The van der Waals surface area contributed by atoms with E-state index in [1.807, 2.05) is 17.8 Å². The molecule has 102 valence electrons. The molecule has 1 aromatic rings. The second kappa shape index (κ2) is 5.87. The predicted molar refractivity (Wildman–Crippen MR) is 71.1 cm³/mol. The summed E-state index contributed by atoms with van der Waals surface area (Å²) in [6.07, 6.45) is 8.78. The minimum atomic E-state index is -0.792. The van der Waals surface area contributed by atoms with Crippen molar-refractivity contribution in [2.24, 2.45) is 12.5 Å². The largest absolute Gasteiger partial charge is 0.354 e. The van der Waals surface area contributed by atoms with Crippen LogP contribution in [0.5, 0.6) is 0 Å². The van der Waals surface area contributed by atoms with E-state index < -0.39 is 5.41 Å². The van der Waals surface area contributed by atoms with Crippen molar-refractivity contribution < 1.29 is 4.79 Å². The van der Waals surface area contributed by atoms with E-state index in [9.17, 15) is 10.1 Å². The van der Waals surface area contributed by atoms with Crippen LogP contribution in [0.2, 0.25) is 0 Å². The number of rotatable bonds is 4. The molecule has 1 heterocycles. The molecule has 1 aliphatic rings. The molecule has 0 bridgehead atoms. The van der Waals surface area contributed by atoms with Gasteiger partial charge in [0.2, 0.25) is 5.91 Å². The smallest absolute Gasteiger partial charge is 0.240 e. The number of carbonyl (C=O) groups excluding carboxylic acids is 1. The topological polar surface area (TPSA) is 70.7 Å². The number of nitrogens with one attached hydrogen (secondary N) is 1. The molecule has 1 amide bonds. The summed E-state index contributed by atoms with van der Waals surface area (Å²) in [5.41, 5.74) is -0.792. The van der Waals surface area contributed by atoms with Gasteiger partial charge in [0.1, 0.15) is 11.2 Å². The monoisotopic (exact) mass is 260 g/mol. The lowest BCUT2D eigenvalue weighted by molar-refractivity contribution is -0.129. The molecule has 1 saturated carbocycles. The molecule has 2 rings (SSSR count). The maximum atomic E-state index is 12.2. The van der Waals surface area contributed by atoms with Crippen LogP contribution < -0.4 is 5.32 Å². The predicted octanol–water partition coefficient (Wildman–Crippen LogP) is 1.55. The molecule has 0 saturated heterocycles. The van der Waals surface area contributed by atoms with E-state index in [0.717, 1.165) is 25.1 Å². The van der Waals surface area contributed by atoms with E-state index in [1.165, 1.54) is 0 Å².